The first-order chi connectivity index (χ1) is 9.52. The van der Waals surface area contributed by atoms with Gasteiger partial charge in [0, 0.05) is 18.0 Å². The fourth-order valence-corrected chi connectivity index (χ4v) is 3.47. The summed E-state index contributed by atoms with van der Waals surface area (Å²) in [6, 6.07) is 5.72. The van der Waals surface area contributed by atoms with E-state index in [1.807, 2.05) is 39.0 Å². The minimum atomic E-state index is -0.858. The SMILES string of the molecule is CCSc1cccc(N2C[C@@H](C)O[C@@H](C)C2)c1C(=O)O. The molecule has 5 heteroatoms. The number of nitrogens with zero attached hydrogens (tertiary/aromatic N) is 1. The number of carboxylic acid groups (broad SMARTS) is 1. The first-order valence-electron chi connectivity index (χ1n) is 6.92. The van der Waals surface area contributed by atoms with E-state index in [9.17, 15) is 9.90 Å². The quantitative estimate of drug-likeness (QED) is 0.865. The summed E-state index contributed by atoms with van der Waals surface area (Å²) in [6.45, 7) is 7.53. The number of morpholine rings is 1. The number of ether oxygens (including phenoxy) is 1. The lowest BCUT2D eigenvalue weighted by atomic mass is 10.1. The number of thioether (sulfide) groups is 1. The van der Waals surface area contributed by atoms with Crippen LogP contribution in [0.5, 0.6) is 0 Å². The fourth-order valence-electron chi connectivity index (χ4n) is 2.65. The molecule has 1 fully saturated rings. The van der Waals surface area contributed by atoms with Gasteiger partial charge < -0.3 is 14.7 Å². The van der Waals surface area contributed by atoms with E-state index in [1.165, 1.54) is 0 Å². The second kappa shape index (κ2) is 6.50. The maximum absolute atomic E-state index is 11.7. The number of aromatic carboxylic acids is 1. The Morgan fingerprint density at radius 3 is 2.60 bits per heavy atom. The summed E-state index contributed by atoms with van der Waals surface area (Å²) in [5.41, 5.74) is 1.22. The zero-order chi connectivity index (χ0) is 14.7. The molecule has 0 spiro atoms. The van der Waals surface area contributed by atoms with Crippen LogP contribution < -0.4 is 4.90 Å². The number of hydrogen-bond acceptors (Lipinski definition) is 4. The lowest BCUT2D eigenvalue weighted by Gasteiger charge is -2.37. The van der Waals surface area contributed by atoms with Gasteiger partial charge >= 0.3 is 5.97 Å². The Kier molecular flexibility index (Phi) is 4.94. The van der Waals surface area contributed by atoms with Gasteiger partial charge in [-0.2, -0.15) is 0 Å². The predicted octanol–water partition coefficient (Wildman–Crippen LogP) is 3.11. The van der Waals surface area contributed by atoms with Gasteiger partial charge in [0.2, 0.25) is 0 Å². The number of anilines is 1. The summed E-state index contributed by atoms with van der Waals surface area (Å²) in [5, 5.41) is 9.56. The van der Waals surface area contributed by atoms with Crippen LogP contribution in [0.1, 0.15) is 31.1 Å². The Balaban J connectivity index is 2.39. The minimum Gasteiger partial charge on any atom is -0.478 e. The number of rotatable bonds is 4. The number of hydrogen-bond donors (Lipinski definition) is 1. The molecule has 0 aliphatic carbocycles. The second-order valence-corrected chi connectivity index (χ2v) is 6.36. The molecule has 1 N–H and O–H groups in total. The molecule has 4 nitrogen and oxygen atoms in total. The Morgan fingerprint density at radius 1 is 1.40 bits per heavy atom. The number of carboxylic acids is 1. The molecule has 0 aromatic heterocycles. The maximum atomic E-state index is 11.7. The largest absolute Gasteiger partial charge is 0.478 e. The van der Waals surface area contributed by atoms with Crippen LogP contribution in [0.2, 0.25) is 0 Å². The molecule has 20 heavy (non-hydrogen) atoms. The Morgan fingerprint density at radius 2 is 2.05 bits per heavy atom. The van der Waals surface area contributed by atoms with E-state index in [0.717, 1.165) is 29.4 Å². The predicted molar refractivity (Wildman–Crippen MR) is 82.0 cm³/mol. The van der Waals surface area contributed by atoms with E-state index in [1.54, 1.807) is 11.8 Å². The van der Waals surface area contributed by atoms with Crippen molar-refractivity contribution in [1.82, 2.24) is 0 Å². The number of benzene rings is 1. The van der Waals surface area contributed by atoms with E-state index < -0.39 is 5.97 Å². The lowest BCUT2D eigenvalue weighted by molar-refractivity contribution is -0.00533. The van der Waals surface area contributed by atoms with Crippen molar-refractivity contribution in [3.63, 3.8) is 0 Å². The van der Waals surface area contributed by atoms with Crippen molar-refractivity contribution in [2.45, 2.75) is 37.9 Å². The van der Waals surface area contributed by atoms with Crippen LogP contribution in [-0.2, 0) is 4.74 Å². The zero-order valence-corrected chi connectivity index (χ0v) is 12.9. The highest BCUT2D eigenvalue weighted by Gasteiger charge is 2.26. The summed E-state index contributed by atoms with van der Waals surface area (Å²) in [4.78, 5) is 14.6. The minimum absolute atomic E-state index is 0.114. The zero-order valence-electron chi connectivity index (χ0n) is 12.1. The van der Waals surface area contributed by atoms with Gasteiger partial charge in [-0.1, -0.05) is 13.0 Å². The second-order valence-electron chi connectivity index (χ2n) is 5.05. The monoisotopic (exact) mass is 295 g/mol. The highest BCUT2D eigenvalue weighted by Crippen LogP contribution is 2.32. The highest BCUT2D eigenvalue weighted by atomic mass is 32.2. The summed E-state index contributed by atoms with van der Waals surface area (Å²) in [7, 11) is 0. The third kappa shape index (κ3) is 3.27. The standard InChI is InChI=1S/C15H21NO3S/c1-4-20-13-7-5-6-12(14(13)15(17)18)16-8-10(2)19-11(3)9-16/h5-7,10-11H,4,8-9H2,1-3H3,(H,17,18)/t10-,11+. The van der Waals surface area contributed by atoms with E-state index in [2.05, 4.69) is 4.90 Å². The van der Waals surface area contributed by atoms with E-state index in [4.69, 9.17) is 4.74 Å². The van der Waals surface area contributed by atoms with Crippen molar-refractivity contribution < 1.29 is 14.6 Å². The lowest BCUT2D eigenvalue weighted by Crippen LogP contribution is -2.46. The summed E-state index contributed by atoms with van der Waals surface area (Å²) in [5.74, 6) is 0.00275. The maximum Gasteiger partial charge on any atom is 0.338 e. The van der Waals surface area contributed by atoms with Crippen LogP contribution in [0.15, 0.2) is 23.1 Å². The third-order valence-corrected chi connectivity index (χ3v) is 4.22. The first-order valence-corrected chi connectivity index (χ1v) is 7.91. The molecule has 1 aliphatic heterocycles. The molecule has 0 unspecified atom stereocenters. The topological polar surface area (TPSA) is 49.8 Å². The molecular weight excluding hydrogens is 274 g/mol. The van der Waals surface area contributed by atoms with Gasteiger partial charge in [-0.05, 0) is 31.7 Å². The van der Waals surface area contributed by atoms with E-state index in [0.29, 0.717) is 5.56 Å². The molecule has 1 heterocycles. The Bertz CT molecular complexity index is 482. The van der Waals surface area contributed by atoms with Crippen molar-refractivity contribution in [3.05, 3.63) is 23.8 Å². The van der Waals surface area contributed by atoms with Gasteiger partial charge in [0.25, 0.3) is 0 Å². The van der Waals surface area contributed by atoms with Gasteiger partial charge in [-0.3, -0.25) is 0 Å². The summed E-state index contributed by atoms with van der Waals surface area (Å²) < 4.78 is 5.72. The number of carbonyl (C=O) groups is 1. The molecule has 0 amide bonds. The molecule has 0 bridgehead atoms. The molecule has 0 saturated carbocycles. The summed E-state index contributed by atoms with van der Waals surface area (Å²) >= 11 is 1.57. The van der Waals surface area contributed by atoms with Crippen LogP contribution in [0.3, 0.4) is 0 Å². The van der Waals surface area contributed by atoms with Gasteiger partial charge in [-0.25, -0.2) is 4.79 Å². The van der Waals surface area contributed by atoms with E-state index in [-0.39, 0.29) is 12.2 Å². The molecule has 2 atom stereocenters. The average molecular weight is 295 g/mol. The van der Waals surface area contributed by atoms with Crippen LogP contribution >= 0.6 is 11.8 Å². The van der Waals surface area contributed by atoms with Crippen LogP contribution in [0.4, 0.5) is 5.69 Å². The molecule has 110 valence electrons. The van der Waals surface area contributed by atoms with Crippen LogP contribution in [0, 0.1) is 0 Å². The smallest absolute Gasteiger partial charge is 0.338 e. The molecule has 1 saturated heterocycles. The molecule has 2 rings (SSSR count). The summed E-state index contributed by atoms with van der Waals surface area (Å²) in [6.07, 6.45) is 0.228. The molecule has 1 aromatic rings. The molecular formula is C15H21NO3S. The molecule has 0 radical (unpaired) electrons. The average Bonchev–Trinajstić information content (AvgIpc) is 2.37. The highest BCUT2D eigenvalue weighted by molar-refractivity contribution is 7.99. The Labute approximate surface area is 124 Å². The fraction of sp³-hybridized carbons (Fsp3) is 0.533. The van der Waals surface area contributed by atoms with Crippen molar-refractivity contribution in [3.8, 4) is 0 Å². The van der Waals surface area contributed by atoms with E-state index >= 15 is 0 Å². The van der Waals surface area contributed by atoms with Crippen molar-refractivity contribution in [2.24, 2.45) is 0 Å². The van der Waals surface area contributed by atoms with Crippen LogP contribution in [-0.4, -0.2) is 42.1 Å². The van der Waals surface area contributed by atoms with Crippen LogP contribution in [0.25, 0.3) is 0 Å². The van der Waals surface area contributed by atoms with Gasteiger partial charge in [0.05, 0.1) is 23.5 Å². The van der Waals surface area contributed by atoms with Crippen molar-refractivity contribution in [1.29, 1.82) is 0 Å². The third-order valence-electron chi connectivity index (χ3n) is 3.28. The molecule has 1 aromatic carbocycles. The van der Waals surface area contributed by atoms with Crippen molar-refractivity contribution in [2.75, 3.05) is 23.7 Å². The van der Waals surface area contributed by atoms with Crippen molar-refractivity contribution >= 4 is 23.4 Å². The normalized spacial score (nSPS) is 22.9. The van der Waals surface area contributed by atoms with Gasteiger partial charge in [-0.15, -0.1) is 11.8 Å². The first kappa shape index (κ1) is 15.2. The van der Waals surface area contributed by atoms with Gasteiger partial charge in [0.1, 0.15) is 0 Å². The van der Waals surface area contributed by atoms with Gasteiger partial charge in [0.15, 0.2) is 0 Å². The molecule has 1 aliphatic rings. The Hall–Kier alpha value is -1.20.